The van der Waals surface area contributed by atoms with E-state index < -0.39 is 0 Å². The van der Waals surface area contributed by atoms with E-state index in [-0.39, 0.29) is 17.6 Å². The number of benzene rings is 1. The third-order valence-electron chi connectivity index (χ3n) is 5.45. The first-order valence-corrected chi connectivity index (χ1v) is 10.7. The van der Waals surface area contributed by atoms with Crippen molar-refractivity contribution < 1.29 is 9.18 Å². The summed E-state index contributed by atoms with van der Waals surface area (Å²) in [6, 6.07) is 8.01. The van der Waals surface area contributed by atoms with E-state index in [4.69, 9.17) is 9.97 Å². The zero-order valence-corrected chi connectivity index (χ0v) is 18.2. The molecular formula is C23H26FN7O. The van der Waals surface area contributed by atoms with Gasteiger partial charge in [0.2, 0.25) is 11.9 Å². The van der Waals surface area contributed by atoms with E-state index in [1.54, 1.807) is 37.6 Å². The summed E-state index contributed by atoms with van der Waals surface area (Å²) in [5.74, 6) is 1.54. The van der Waals surface area contributed by atoms with Crippen molar-refractivity contribution in [3.8, 4) is 11.3 Å². The summed E-state index contributed by atoms with van der Waals surface area (Å²) in [4.78, 5) is 32.2. The molecule has 8 nitrogen and oxygen atoms in total. The Morgan fingerprint density at radius 2 is 2.03 bits per heavy atom. The van der Waals surface area contributed by atoms with Crippen LogP contribution in [0.5, 0.6) is 0 Å². The third kappa shape index (κ3) is 4.99. The summed E-state index contributed by atoms with van der Waals surface area (Å²) in [5, 5.41) is 6.08. The van der Waals surface area contributed by atoms with Gasteiger partial charge in [0.1, 0.15) is 17.5 Å². The lowest BCUT2D eigenvalue weighted by Gasteiger charge is -2.32. The first kappa shape index (κ1) is 21.6. The van der Waals surface area contributed by atoms with Gasteiger partial charge in [-0.25, -0.2) is 24.3 Å². The van der Waals surface area contributed by atoms with Crippen LogP contribution in [0.1, 0.15) is 37.9 Å². The number of nitrogens with one attached hydrogen (secondary N) is 2. The van der Waals surface area contributed by atoms with Crippen molar-refractivity contribution in [2.75, 3.05) is 30.8 Å². The molecule has 32 heavy (non-hydrogen) atoms. The van der Waals surface area contributed by atoms with E-state index in [2.05, 4.69) is 20.6 Å². The lowest BCUT2D eigenvalue weighted by atomic mass is 9.96. The first-order chi connectivity index (χ1) is 15.6. The van der Waals surface area contributed by atoms with Gasteiger partial charge < -0.3 is 15.5 Å². The number of carbonyl (C=O) groups is 1. The van der Waals surface area contributed by atoms with Gasteiger partial charge in [0.25, 0.3) is 0 Å². The molecule has 0 aliphatic carbocycles. The number of hydrogen-bond acceptors (Lipinski definition) is 7. The fourth-order valence-electron chi connectivity index (χ4n) is 3.80. The minimum atomic E-state index is -0.332. The van der Waals surface area contributed by atoms with Gasteiger partial charge in [0, 0.05) is 62.2 Å². The molecule has 1 saturated heterocycles. The van der Waals surface area contributed by atoms with E-state index >= 15 is 0 Å². The van der Waals surface area contributed by atoms with Crippen molar-refractivity contribution in [3.63, 3.8) is 0 Å². The van der Waals surface area contributed by atoms with Crippen LogP contribution in [0.25, 0.3) is 11.3 Å². The van der Waals surface area contributed by atoms with Gasteiger partial charge in [0.05, 0.1) is 5.69 Å². The monoisotopic (exact) mass is 435 g/mol. The molecule has 1 aromatic carbocycles. The van der Waals surface area contributed by atoms with Crippen molar-refractivity contribution in [1.29, 1.82) is 0 Å². The topological polar surface area (TPSA) is 95.9 Å². The molecule has 3 heterocycles. The number of nitrogens with zero attached hydrogens (tertiary/aromatic N) is 5. The highest BCUT2D eigenvalue weighted by atomic mass is 19.1. The van der Waals surface area contributed by atoms with Crippen LogP contribution < -0.4 is 10.6 Å². The van der Waals surface area contributed by atoms with Crippen LogP contribution in [0.15, 0.2) is 42.7 Å². The van der Waals surface area contributed by atoms with Crippen molar-refractivity contribution in [3.05, 3.63) is 54.4 Å². The zero-order valence-electron chi connectivity index (χ0n) is 18.2. The second kappa shape index (κ2) is 9.67. The summed E-state index contributed by atoms with van der Waals surface area (Å²) in [6.07, 6.45) is 5.67. The Morgan fingerprint density at radius 1 is 1.22 bits per heavy atom. The van der Waals surface area contributed by atoms with Crippen LogP contribution in [0.2, 0.25) is 0 Å². The second-order valence-electron chi connectivity index (χ2n) is 7.71. The number of amides is 1. The zero-order chi connectivity index (χ0) is 22.5. The first-order valence-electron chi connectivity index (χ1n) is 10.7. The minimum absolute atomic E-state index is 0.0183. The number of aromatic nitrogens is 4. The molecule has 1 unspecified atom stereocenters. The number of likely N-dealkylation sites (tertiary alicyclic amines) is 1. The Bertz CT molecular complexity index is 1090. The summed E-state index contributed by atoms with van der Waals surface area (Å²) < 4.78 is 13.7. The molecule has 0 bridgehead atoms. The van der Waals surface area contributed by atoms with Crippen LogP contribution in [0.3, 0.4) is 0 Å². The maximum Gasteiger partial charge on any atom is 0.222 e. The predicted molar refractivity (Wildman–Crippen MR) is 121 cm³/mol. The van der Waals surface area contributed by atoms with Gasteiger partial charge in [0.15, 0.2) is 0 Å². The molecule has 1 aliphatic rings. The van der Waals surface area contributed by atoms with E-state index in [9.17, 15) is 9.18 Å². The second-order valence-corrected chi connectivity index (χ2v) is 7.71. The van der Waals surface area contributed by atoms with Crippen LogP contribution >= 0.6 is 0 Å². The van der Waals surface area contributed by atoms with Crippen molar-refractivity contribution >= 4 is 23.4 Å². The molecule has 4 rings (SSSR count). The smallest absolute Gasteiger partial charge is 0.222 e. The Balaban J connectivity index is 1.70. The third-order valence-corrected chi connectivity index (χ3v) is 5.45. The molecule has 0 spiro atoms. The normalized spacial score (nSPS) is 16.0. The van der Waals surface area contributed by atoms with E-state index in [0.717, 1.165) is 24.9 Å². The van der Waals surface area contributed by atoms with Crippen molar-refractivity contribution in [1.82, 2.24) is 24.8 Å². The maximum atomic E-state index is 13.7. The number of piperidine rings is 1. The molecule has 9 heteroatoms. The van der Waals surface area contributed by atoms with Crippen LogP contribution in [0.4, 0.5) is 21.8 Å². The van der Waals surface area contributed by atoms with Crippen molar-refractivity contribution in [2.45, 2.75) is 32.1 Å². The fourth-order valence-corrected chi connectivity index (χ4v) is 3.80. The minimum Gasteiger partial charge on any atom is -0.357 e. The molecule has 0 saturated carbocycles. The average Bonchev–Trinajstić information content (AvgIpc) is 2.83. The highest BCUT2D eigenvalue weighted by molar-refractivity contribution is 5.76. The molecule has 3 aromatic rings. The Kier molecular flexibility index (Phi) is 6.53. The summed E-state index contributed by atoms with van der Waals surface area (Å²) >= 11 is 0. The predicted octanol–water partition coefficient (Wildman–Crippen LogP) is 3.97. The van der Waals surface area contributed by atoms with Gasteiger partial charge in [-0.3, -0.25) is 4.79 Å². The van der Waals surface area contributed by atoms with E-state index in [0.29, 0.717) is 41.9 Å². The van der Waals surface area contributed by atoms with Crippen LogP contribution in [-0.4, -0.2) is 50.9 Å². The van der Waals surface area contributed by atoms with Crippen molar-refractivity contribution in [2.24, 2.45) is 0 Å². The largest absolute Gasteiger partial charge is 0.357 e. The van der Waals surface area contributed by atoms with Gasteiger partial charge in [-0.1, -0.05) is 13.0 Å². The molecule has 1 fully saturated rings. The fraction of sp³-hybridized carbons (Fsp3) is 0.348. The molecule has 2 N–H and O–H groups in total. The van der Waals surface area contributed by atoms with Gasteiger partial charge in [-0.2, -0.15) is 0 Å². The molecular weight excluding hydrogens is 409 g/mol. The quantitative estimate of drug-likeness (QED) is 0.605. The molecule has 1 atom stereocenters. The molecule has 1 amide bonds. The van der Waals surface area contributed by atoms with Crippen LogP contribution in [-0.2, 0) is 4.79 Å². The Labute approximate surface area is 186 Å². The Morgan fingerprint density at radius 3 is 2.75 bits per heavy atom. The lowest BCUT2D eigenvalue weighted by Crippen LogP contribution is -2.39. The standard InChI is InChI=1S/C23H26FN7O/c1-3-21(32)31-9-5-6-15(14-31)22-29-19(16-12-26-23(25-2)27-13-16)11-20(30-22)28-18-8-4-7-17(24)10-18/h4,7-8,10-13,15H,3,5-6,9,14H2,1-2H3,(H,25,26,27)(H,28,29,30). The molecule has 0 radical (unpaired) electrons. The number of carbonyl (C=O) groups excluding carboxylic acids is 1. The molecule has 166 valence electrons. The highest BCUT2D eigenvalue weighted by Gasteiger charge is 2.26. The average molecular weight is 436 g/mol. The summed E-state index contributed by atoms with van der Waals surface area (Å²) in [7, 11) is 1.76. The lowest BCUT2D eigenvalue weighted by molar-refractivity contribution is -0.132. The number of halogens is 1. The Hall–Kier alpha value is -3.62. The van der Waals surface area contributed by atoms with Gasteiger partial charge >= 0.3 is 0 Å². The summed E-state index contributed by atoms with van der Waals surface area (Å²) in [6.45, 7) is 3.22. The van der Waals surface area contributed by atoms with E-state index in [1.807, 2.05) is 11.8 Å². The highest BCUT2D eigenvalue weighted by Crippen LogP contribution is 2.29. The van der Waals surface area contributed by atoms with Gasteiger partial charge in [-0.15, -0.1) is 0 Å². The maximum absolute atomic E-state index is 13.7. The summed E-state index contributed by atoms with van der Waals surface area (Å²) in [5.41, 5.74) is 2.00. The SMILES string of the molecule is CCC(=O)N1CCCC(c2nc(Nc3cccc(F)c3)cc(-c3cnc(NC)nc3)n2)C1. The number of anilines is 3. The van der Waals surface area contributed by atoms with Gasteiger partial charge in [-0.05, 0) is 31.0 Å². The molecule has 2 aromatic heterocycles. The molecule has 1 aliphatic heterocycles. The van der Waals surface area contributed by atoms with E-state index in [1.165, 1.54) is 12.1 Å². The number of rotatable bonds is 6. The van der Waals surface area contributed by atoms with Crippen LogP contribution in [0, 0.1) is 5.82 Å². The number of hydrogen-bond donors (Lipinski definition) is 2.